The minimum atomic E-state index is -0.105. The normalized spacial score (nSPS) is 9.20. The summed E-state index contributed by atoms with van der Waals surface area (Å²) < 4.78 is 0. The molecule has 0 spiro atoms. The minimum Gasteiger partial charge on any atom is -0.385 e. The maximum Gasteiger partial charge on any atom is 0.190 e. The Morgan fingerprint density at radius 1 is 1.70 bits per heavy atom. The predicted octanol–water partition coefficient (Wildman–Crippen LogP) is 0.600. The van der Waals surface area contributed by atoms with Gasteiger partial charge in [-0.2, -0.15) is 0 Å². The van der Waals surface area contributed by atoms with Crippen molar-refractivity contribution in [1.29, 1.82) is 0 Å². The summed E-state index contributed by atoms with van der Waals surface area (Å²) in [7, 11) is 0. The number of anilines is 1. The molecule has 1 aromatic rings. The summed E-state index contributed by atoms with van der Waals surface area (Å²) >= 11 is 0. The number of H-pyrrole nitrogens is 1. The van der Waals surface area contributed by atoms with E-state index in [0.29, 0.717) is 11.4 Å². The molecule has 0 atom stereocenters. The molecule has 10 heavy (non-hydrogen) atoms. The van der Waals surface area contributed by atoms with Gasteiger partial charge < -0.3 is 10.7 Å². The number of hydrogen-bond acceptors (Lipinski definition) is 2. The summed E-state index contributed by atoms with van der Waals surface area (Å²) in [6, 6.07) is 1.33. The van der Waals surface area contributed by atoms with Crippen LogP contribution in [0.15, 0.2) is 23.6 Å². The first-order valence-electron chi connectivity index (χ1n) is 2.84. The second-order valence-corrected chi connectivity index (χ2v) is 1.91. The van der Waals surface area contributed by atoms with Crippen LogP contribution in [0.25, 0.3) is 6.08 Å². The molecule has 1 rings (SSSR count). The van der Waals surface area contributed by atoms with Gasteiger partial charge in [0.05, 0.1) is 0 Å². The summed E-state index contributed by atoms with van der Waals surface area (Å²) in [5.74, 6) is 0.371. The molecular weight excluding hydrogens is 128 g/mol. The van der Waals surface area contributed by atoms with Gasteiger partial charge in [0.25, 0.3) is 0 Å². The molecule has 0 saturated heterocycles. The molecule has 0 aliphatic carbocycles. The van der Waals surface area contributed by atoms with Crippen molar-refractivity contribution in [2.24, 2.45) is 0 Å². The van der Waals surface area contributed by atoms with Gasteiger partial charge in [-0.3, -0.25) is 4.79 Å². The van der Waals surface area contributed by atoms with E-state index >= 15 is 0 Å². The largest absolute Gasteiger partial charge is 0.385 e. The number of hydrogen-bond donors (Lipinski definition) is 2. The lowest BCUT2D eigenvalue weighted by Gasteiger charge is -1.92. The lowest BCUT2D eigenvalue weighted by molar-refractivity contribution is 1.30. The van der Waals surface area contributed by atoms with Crippen LogP contribution in [0.4, 0.5) is 5.82 Å². The predicted molar refractivity (Wildman–Crippen MR) is 41.6 cm³/mol. The molecule has 1 heterocycles. The van der Waals surface area contributed by atoms with E-state index in [9.17, 15) is 4.79 Å². The number of nitrogens with two attached hydrogens (primary N) is 1. The number of nitrogen functional groups attached to an aromatic ring is 1. The van der Waals surface area contributed by atoms with Crippen LogP contribution in [-0.4, -0.2) is 4.98 Å². The van der Waals surface area contributed by atoms with Gasteiger partial charge >= 0.3 is 0 Å². The van der Waals surface area contributed by atoms with Crippen LogP contribution in [0.1, 0.15) is 5.56 Å². The lowest BCUT2D eigenvalue weighted by atomic mass is 10.3. The minimum absolute atomic E-state index is 0.105. The van der Waals surface area contributed by atoms with E-state index in [1.165, 1.54) is 18.3 Å². The van der Waals surface area contributed by atoms with Crippen molar-refractivity contribution in [1.82, 2.24) is 4.98 Å². The maximum atomic E-state index is 10.9. The molecule has 3 heteroatoms. The summed E-state index contributed by atoms with van der Waals surface area (Å²) in [6.07, 6.45) is 3.02. The molecule has 3 nitrogen and oxygen atoms in total. The molecule has 0 aliphatic rings. The Morgan fingerprint density at radius 3 is 2.90 bits per heavy atom. The monoisotopic (exact) mass is 136 g/mol. The first kappa shape index (κ1) is 6.61. The zero-order chi connectivity index (χ0) is 7.56. The molecule has 52 valence electrons. The Bertz CT molecular complexity index is 301. The zero-order valence-electron chi connectivity index (χ0n) is 5.42. The summed E-state index contributed by atoms with van der Waals surface area (Å²) in [5.41, 5.74) is 5.72. The summed E-state index contributed by atoms with van der Waals surface area (Å²) in [5, 5.41) is 0. The van der Waals surface area contributed by atoms with E-state index in [4.69, 9.17) is 5.73 Å². The first-order valence-corrected chi connectivity index (χ1v) is 2.84. The molecule has 3 N–H and O–H groups in total. The van der Waals surface area contributed by atoms with Crippen LogP contribution < -0.4 is 11.2 Å². The van der Waals surface area contributed by atoms with Gasteiger partial charge in [-0.15, -0.1) is 0 Å². The molecular formula is C7H8N2O. The van der Waals surface area contributed by atoms with E-state index in [1.807, 2.05) is 0 Å². The molecule has 0 bridgehead atoms. The first-order chi connectivity index (χ1) is 4.74. The molecule has 1 aromatic heterocycles. The topological polar surface area (TPSA) is 58.9 Å². The van der Waals surface area contributed by atoms with Gasteiger partial charge in [0, 0.05) is 17.8 Å². The third-order valence-corrected chi connectivity index (χ3v) is 1.19. The van der Waals surface area contributed by atoms with Gasteiger partial charge in [-0.05, 0) is 0 Å². The molecule has 0 aliphatic heterocycles. The van der Waals surface area contributed by atoms with Crippen LogP contribution in [0.2, 0.25) is 0 Å². The fourth-order valence-corrected chi connectivity index (χ4v) is 0.658. The molecule has 0 amide bonds. The molecule has 0 aromatic carbocycles. The fraction of sp³-hybridized carbons (Fsp3) is 0. The maximum absolute atomic E-state index is 10.9. The summed E-state index contributed by atoms with van der Waals surface area (Å²) in [4.78, 5) is 13.6. The lowest BCUT2D eigenvalue weighted by Crippen LogP contribution is -2.05. The van der Waals surface area contributed by atoms with Gasteiger partial charge in [-0.1, -0.05) is 12.7 Å². The van der Waals surface area contributed by atoms with Crippen molar-refractivity contribution in [2.45, 2.75) is 0 Å². The number of nitrogens with one attached hydrogen (secondary N) is 1. The number of aromatic nitrogens is 1. The Morgan fingerprint density at radius 2 is 2.40 bits per heavy atom. The number of aromatic amines is 1. The quantitative estimate of drug-likeness (QED) is 0.594. The van der Waals surface area contributed by atoms with Crippen LogP contribution >= 0.6 is 0 Å². The molecule has 0 fully saturated rings. The van der Waals surface area contributed by atoms with Crippen molar-refractivity contribution in [3.05, 3.63) is 34.6 Å². The Labute approximate surface area is 58.2 Å². The van der Waals surface area contributed by atoms with Crippen LogP contribution in [0.5, 0.6) is 0 Å². The van der Waals surface area contributed by atoms with E-state index in [-0.39, 0.29) is 5.43 Å². The second kappa shape index (κ2) is 2.39. The molecule has 0 radical (unpaired) electrons. The Hall–Kier alpha value is -1.51. The van der Waals surface area contributed by atoms with Crippen molar-refractivity contribution in [3.63, 3.8) is 0 Å². The van der Waals surface area contributed by atoms with Gasteiger partial charge in [0.15, 0.2) is 5.43 Å². The zero-order valence-corrected chi connectivity index (χ0v) is 5.42. The number of pyridine rings is 1. The highest BCUT2D eigenvalue weighted by Gasteiger charge is 1.92. The third-order valence-electron chi connectivity index (χ3n) is 1.19. The highest BCUT2D eigenvalue weighted by atomic mass is 16.1. The molecule has 0 saturated carbocycles. The van der Waals surface area contributed by atoms with Crippen LogP contribution in [0, 0.1) is 0 Å². The Balaban J connectivity index is 3.33. The van der Waals surface area contributed by atoms with Crippen molar-refractivity contribution in [3.8, 4) is 0 Å². The van der Waals surface area contributed by atoms with Gasteiger partial charge in [0.2, 0.25) is 0 Å². The van der Waals surface area contributed by atoms with Gasteiger partial charge in [-0.25, -0.2) is 0 Å². The van der Waals surface area contributed by atoms with Crippen LogP contribution in [0.3, 0.4) is 0 Å². The van der Waals surface area contributed by atoms with E-state index < -0.39 is 0 Å². The SMILES string of the molecule is C=Cc1c[nH]c(N)cc1=O. The highest BCUT2D eigenvalue weighted by Crippen LogP contribution is 1.93. The highest BCUT2D eigenvalue weighted by molar-refractivity contribution is 5.47. The average Bonchev–Trinajstić information content (AvgIpc) is 1.88. The van der Waals surface area contributed by atoms with E-state index in [2.05, 4.69) is 11.6 Å². The van der Waals surface area contributed by atoms with Crippen molar-refractivity contribution < 1.29 is 0 Å². The number of rotatable bonds is 1. The molecule has 0 unspecified atom stereocenters. The average molecular weight is 136 g/mol. The van der Waals surface area contributed by atoms with E-state index in [0.717, 1.165) is 0 Å². The van der Waals surface area contributed by atoms with Crippen LogP contribution in [-0.2, 0) is 0 Å². The fourth-order valence-electron chi connectivity index (χ4n) is 0.658. The summed E-state index contributed by atoms with van der Waals surface area (Å²) in [6.45, 7) is 3.46. The standard InChI is InChI=1S/C7H8N2O/c1-2-5-4-9-7(8)3-6(5)10/h2-4H,1H2,(H3,8,9,10). The van der Waals surface area contributed by atoms with Crippen molar-refractivity contribution in [2.75, 3.05) is 5.73 Å². The smallest absolute Gasteiger partial charge is 0.190 e. The van der Waals surface area contributed by atoms with E-state index in [1.54, 1.807) is 0 Å². The Kier molecular flexibility index (Phi) is 1.58. The third kappa shape index (κ3) is 1.07. The van der Waals surface area contributed by atoms with Gasteiger partial charge in [0.1, 0.15) is 5.82 Å². The second-order valence-electron chi connectivity index (χ2n) is 1.91. The van der Waals surface area contributed by atoms with Crippen molar-refractivity contribution >= 4 is 11.9 Å².